The van der Waals surface area contributed by atoms with Gasteiger partial charge in [0.15, 0.2) is 11.5 Å². The maximum Gasteiger partial charge on any atom is 0.514 e. The number of carbonyl (C=O) groups excluding carboxylic acids is 1. The van der Waals surface area contributed by atoms with Gasteiger partial charge in [-0.15, -0.1) is 0 Å². The van der Waals surface area contributed by atoms with Gasteiger partial charge in [0.05, 0.1) is 18.8 Å². The van der Waals surface area contributed by atoms with Gasteiger partial charge in [0.25, 0.3) is 5.91 Å². The summed E-state index contributed by atoms with van der Waals surface area (Å²) in [7, 11) is 0. The Kier molecular flexibility index (Phi) is 5.68. The molecule has 2 amide bonds. The molecule has 1 aliphatic heterocycles. The highest BCUT2D eigenvalue weighted by Gasteiger charge is 2.50. The van der Waals surface area contributed by atoms with E-state index in [0.29, 0.717) is 17.7 Å². The van der Waals surface area contributed by atoms with Gasteiger partial charge in [-0.05, 0) is 56.0 Å². The first-order valence-corrected chi connectivity index (χ1v) is 9.06. The van der Waals surface area contributed by atoms with Crippen molar-refractivity contribution in [3.63, 3.8) is 0 Å². The number of aromatic nitrogens is 2. The molecule has 4 N–H and O–H groups in total. The van der Waals surface area contributed by atoms with E-state index in [4.69, 9.17) is 5.73 Å². The third kappa shape index (κ3) is 4.09. The molecule has 0 saturated carbocycles. The second-order valence-electron chi connectivity index (χ2n) is 7.42. The minimum Gasteiger partial charge on any atom is -0.435 e. The molecule has 25 heavy (non-hydrogen) atoms. The van der Waals surface area contributed by atoms with E-state index in [1.54, 1.807) is 0 Å². The number of halogens is 1. The molecule has 1 aliphatic rings. The number of hydrogen-bond donors (Lipinski definition) is 3. The van der Waals surface area contributed by atoms with Crippen molar-refractivity contribution < 1.29 is 19.2 Å². The number of hydrogen-bond acceptors (Lipinski definition) is 5. The number of anilines is 1. The van der Waals surface area contributed by atoms with Crippen LogP contribution in [0.25, 0.3) is 0 Å². The number of likely N-dealkylation sites (tertiary alicyclic amines) is 1. The monoisotopic (exact) mass is 414 g/mol. The highest BCUT2D eigenvalue weighted by atomic mass is 79.9. The zero-order valence-electron chi connectivity index (χ0n) is 14.8. The van der Waals surface area contributed by atoms with E-state index in [2.05, 4.69) is 31.2 Å². The van der Waals surface area contributed by atoms with Crippen LogP contribution in [0.1, 0.15) is 50.5 Å². The van der Waals surface area contributed by atoms with Crippen LogP contribution >= 0.6 is 15.9 Å². The average molecular weight is 415 g/mol. The van der Waals surface area contributed by atoms with E-state index in [-0.39, 0.29) is 22.0 Å². The van der Waals surface area contributed by atoms with Crippen LogP contribution < -0.4 is 11.1 Å². The van der Waals surface area contributed by atoms with Gasteiger partial charge >= 0.3 is 6.09 Å². The first kappa shape index (κ1) is 19.6. The molecule has 2 rings (SSSR count). The third-order valence-corrected chi connectivity index (χ3v) is 5.23. The average Bonchev–Trinajstić information content (AvgIpc) is 2.72. The molecule has 0 spiro atoms. The molecule has 1 unspecified atom stereocenters. The lowest BCUT2D eigenvalue weighted by atomic mass is 10.0. The maximum absolute atomic E-state index is 12.6. The summed E-state index contributed by atoms with van der Waals surface area (Å²) in [5.41, 5.74) is 5.31. The Morgan fingerprint density at radius 1 is 1.40 bits per heavy atom. The maximum atomic E-state index is 12.6. The molecule has 138 valence electrons. The lowest BCUT2D eigenvalue weighted by Crippen LogP contribution is -2.66. The molecular weight excluding hydrogens is 390 g/mol. The Balaban J connectivity index is 2.25. The third-order valence-electron chi connectivity index (χ3n) is 4.85. The molecule has 1 aromatic rings. The van der Waals surface area contributed by atoms with Crippen LogP contribution in [0.2, 0.25) is 0 Å². The van der Waals surface area contributed by atoms with Gasteiger partial charge in [0.2, 0.25) is 0 Å². The zero-order valence-corrected chi connectivity index (χ0v) is 16.3. The Hall–Kier alpha value is -1.74. The molecule has 0 aliphatic carbocycles. The fraction of sp³-hybridized carbons (Fsp3) is 0.625. The summed E-state index contributed by atoms with van der Waals surface area (Å²) in [4.78, 5) is 32.6. The summed E-state index contributed by atoms with van der Waals surface area (Å²) in [6, 6.07) is -0.273. The normalized spacial score (nSPS) is 24.4. The summed E-state index contributed by atoms with van der Waals surface area (Å²) < 4.78 is 0.329. The van der Waals surface area contributed by atoms with Crippen molar-refractivity contribution in [3.05, 3.63) is 16.5 Å². The van der Waals surface area contributed by atoms with E-state index in [0.717, 1.165) is 19.3 Å². The Morgan fingerprint density at radius 2 is 2.08 bits per heavy atom. The van der Waals surface area contributed by atoms with Crippen LogP contribution in [-0.4, -0.2) is 56.2 Å². The van der Waals surface area contributed by atoms with Crippen LogP contribution in [-0.2, 0) is 0 Å². The van der Waals surface area contributed by atoms with Crippen molar-refractivity contribution >= 4 is 33.7 Å². The topological polar surface area (TPSA) is 118 Å². The van der Waals surface area contributed by atoms with E-state index >= 15 is 0 Å². The molecule has 0 radical (unpaired) electrons. The summed E-state index contributed by atoms with van der Waals surface area (Å²) in [5, 5.41) is 12.8. The predicted molar refractivity (Wildman–Crippen MR) is 97.0 cm³/mol. The Labute approximate surface area is 155 Å². The Morgan fingerprint density at radius 3 is 2.68 bits per heavy atom. The SMILES string of the molecule is CC(C)(C)[N+]1(C(=O)O)CCCC[C@H](NC(=O)c2nc(Br)cnc2N)C1. The molecule has 1 fully saturated rings. The largest absolute Gasteiger partial charge is 0.514 e. The van der Waals surface area contributed by atoms with E-state index in [1.807, 2.05) is 20.8 Å². The predicted octanol–water partition coefficient (Wildman–Crippen LogP) is 2.40. The van der Waals surface area contributed by atoms with E-state index < -0.39 is 17.5 Å². The molecule has 0 bridgehead atoms. The lowest BCUT2D eigenvalue weighted by Gasteiger charge is -2.44. The van der Waals surface area contributed by atoms with Gasteiger partial charge in [-0.1, -0.05) is 0 Å². The second kappa shape index (κ2) is 7.25. The molecule has 2 heterocycles. The minimum atomic E-state index is -0.865. The van der Waals surface area contributed by atoms with Gasteiger partial charge in [0.1, 0.15) is 16.7 Å². The van der Waals surface area contributed by atoms with Crippen molar-refractivity contribution in [2.75, 3.05) is 18.8 Å². The van der Waals surface area contributed by atoms with Crippen LogP contribution in [0.15, 0.2) is 10.8 Å². The van der Waals surface area contributed by atoms with Crippen LogP contribution in [0.5, 0.6) is 0 Å². The number of nitrogens with one attached hydrogen (secondary N) is 1. The lowest BCUT2D eigenvalue weighted by molar-refractivity contribution is -0.903. The summed E-state index contributed by atoms with van der Waals surface area (Å²) >= 11 is 3.18. The molecule has 1 aromatic heterocycles. The van der Waals surface area contributed by atoms with Crippen molar-refractivity contribution in [2.45, 2.75) is 51.6 Å². The number of amides is 2. The van der Waals surface area contributed by atoms with Gasteiger partial charge < -0.3 is 16.2 Å². The number of nitrogens with zero attached hydrogens (tertiary/aromatic N) is 3. The van der Waals surface area contributed by atoms with E-state index in [1.165, 1.54) is 6.20 Å². The quantitative estimate of drug-likeness (QED) is 0.639. The first-order valence-electron chi connectivity index (χ1n) is 8.26. The smallest absolute Gasteiger partial charge is 0.435 e. The van der Waals surface area contributed by atoms with Crippen LogP contribution in [0.3, 0.4) is 0 Å². The summed E-state index contributed by atoms with van der Waals surface area (Å²) in [6.45, 7) is 6.63. The number of rotatable bonds is 2. The Bertz CT molecular complexity index is 676. The van der Waals surface area contributed by atoms with Crippen LogP contribution in [0.4, 0.5) is 10.6 Å². The van der Waals surface area contributed by atoms with E-state index in [9.17, 15) is 14.7 Å². The van der Waals surface area contributed by atoms with Crippen molar-refractivity contribution in [1.82, 2.24) is 15.3 Å². The fourth-order valence-corrected chi connectivity index (χ4v) is 3.60. The van der Waals surface area contributed by atoms with Gasteiger partial charge in [-0.2, -0.15) is 4.79 Å². The molecule has 9 heteroatoms. The van der Waals surface area contributed by atoms with Gasteiger partial charge in [-0.3, -0.25) is 4.79 Å². The van der Waals surface area contributed by atoms with Crippen molar-refractivity contribution in [3.8, 4) is 0 Å². The minimum absolute atomic E-state index is 0.0443. The number of nitrogens with two attached hydrogens (primary N) is 1. The summed E-state index contributed by atoms with van der Waals surface area (Å²) in [5.74, 6) is -0.389. The van der Waals surface area contributed by atoms with Gasteiger partial charge in [-0.25, -0.2) is 14.5 Å². The number of quaternary nitrogens is 1. The van der Waals surface area contributed by atoms with Crippen molar-refractivity contribution in [2.24, 2.45) is 0 Å². The highest BCUT2D eigenvalue weighted by Crippen LogP contribution is 2.30. The fourth-order valence-electron chi connectivity index (χ4n) is 3.32. The molecule has 2 atom stereocenters. The molecular formula is C16H25BrN5O3+. The number of carboxylic acid groups (broad SMARTS) is 1. The van der Waals surface area contributed by atoms with Gasteiger partial charge in [0, 0.05) is 0 Å². The summed E-state index contributed by atoms with van der Waals surface area (Å²) in [6.07, 6.45) is 2.93. The standard InChI is InChI=1S/C16H24BrN5O3/c1-16(2,3)22(15(24)25)7-5-4-6-10(9-22)20-14(23)12-13(18)19-8-11(17)21-12/h8,10H,4-7,9H2,1-3H3,(H3-,18,19,20,23,24,25)/p+1/t10-,22?/m0/s1. The molecule has 0 aromatic carbocycles. The first-order chi connectivity index (χ1) is 11.6. The number of carbonyl (C=O) groups is 2. The number of nitrogen functional groups attached to an aromatic ring is 1. The zero-order chi connectivity index (χ0) is 18.8. The molecule has 8 nitrogen and oxygen atoms in total. The second-order valence-corrected chi connectivity index (χ2v) is 8.23. The highest BCUT2D eigenvalue weighted by molar-refractivity contribution is 9.10. The molecule has 1 saturated heterocycles. The van der Waals surface area contributed by atoms with Crippen molar-refractivity contribution in [1.29, 1.82) is 0 Å². The van der Waals surface area contributed by atoms with Crippen LogP contribution in [0, 0.1) is 0 Å².